The Labute approximate surface area is 132 Å². The summed E-state index contributed by atoms with van der Waals surface area (Å²) in [5.41, 5.74) is 5.70. The van der Waals surface area contributed by atoms with E-state index in [1.54, 1.807) is 0 Å². The molecule has 0 saturated carbocycles. The van der Waals surface area contributed by atoms with Gasteiger partial charge in [-0.05, 0) is 25.2 Å². The first-order valence-corrected chi connectivity index (χ1v) is 7.38. The summed E-state index contributed by atoms with van der Waals surface area (Å²) in [4.78, 5) is 8.23. The van der Waals surface area contributed by atoms with Crippen molar-refractivity contribution in [1.82, 2.24) is 4.90 Å². The second-order valence-corrected chi connectivity index (χ2v) is 5.50. The summed E-state index contributed by atoms with van der Waals surface area (Å²) in [5.74, 6) is 0.0645. The molecule has 1 aromatic rings. The quantitative estimate of drug-likeness (QED) is 0.525. The summed E-state index contributed by atoms with van der Waals surface area (Å²) in [5, 5.41) is 0. The molecule has 1 saturated heterocycles. The Bertz CT molecular complexity index is 552. The van der Waals surface area contributed by atoms with E-state index in [1.807, 2.05) is 11.9 Å². The molecule has 0 radical (unpaired) electrons. The van der Waals surface area contributed by atoms with E-state index in [1.165, 1.54) is 6.07 Å². The molecular weight excluding hydrogens is 317 g/mol. The summed E-state index contributed by atoms with van der Waals surface area (Å²) in [6.45, 7) is 3.14. The molecule has 122 valence electrons. The van der Waals surface area contributed by atoms with E-state index in [2.05, 4.69) is 9.89 Å². The number of anilines is 1. The van der Waals surface area contributed by atoms with Crippen molar-refractivity contribution in [3.05, 3.63) is 23.8 Å². The average Bonchev–Trinajstić information content (AvgIpc) is 2.47. The number of amidine groups is 1. The second-order valence-electron chi connectivity index (χ2n) is 5.23. The van der Waals surface area contributed by atoms with Crippen molar-refractivity contribution in [1.29, 1.82) is 0 Å². The van der Waals surface area contributed by atoms with Crippen molar-refractivity contribution >= 4 is 28.8 Å². The first kappa shape index (κ1) is 16.9. The van der Waals surface area contributed by atoms with Crippen molar-refractivity contribution in [2.45, 2.75) is 6.18 Å². The topological polar surface area (TPSA) is 44.9 Å². The van der Waals surface area contributed by atoms with Crippen LogP contribution in [0.15, 0.2) is 23.2 Å². The molecule has 1 aliphatic rings. The molecule has 22 heavy (non-hydrogen) atoms. The highest BCUT2D eigenvalue weighted by atomic mass is 35.5. The number of rotatable bonds is 3. The van der Waals surface area contributed by atoms with Gasteiger partial charge in [0.2, 0.25) is 0 Å². The molecule has 1 fully saturated rings. The van der Waals surface area contributed by atoms with Gasteiger partial charge < -0.3 is 15.5 Å². The summed E-state index contributed by atoms with van der Waals surface area (Å²) < 4.78 is 38.7. The Hall–Kier alpha value is -1.47. The number of hydrogen-bond donors (Lipinski definition) is 1. The predicted octanol–water partition coefficient (Wildman–Crippen LogP) is 2.68. The number of alkyl halides is 4. The Morgan fingerprint density at radius 2 is 1.91 bits per heavy atom. The van der Waals surface area contributed by atoms with Crippen LogP contribution in [-0.4, -0.2) is 49.8 Å². The van der Waals surface area contributed by atoms with Crippen LogP contribution in [0, 0.1) is 0 Å². The lowest BCUT2D eigenvalue weighted by atomic mass is 10.1. The van der Waals surface area contributed by atoms with Gasteiger partial charge in [0.05, 0.1) is 22.8 Å². The van der Waals surface area contributed by atoms with Crippen molar-refractivity contribution < 1.29 is 13.2 Å². The third-order valence-corrected chi connectivity index (χ3v) is 3.82. The lowest BCUT2D eigenvalue weighted by Crippen LogP contribution is -2.44. The Morgan fingerprint density at radius 1 is 1.27 bits per heavy atom. The Kier molecular flexibility index (Phi) is 5.18. The fourth-order valence-electron chi connectivity index (χ4n) is 2.29. The van der Waals surface area contributed by atoms with Gasteiger partial charge in [0, 0.05) is 26.2 Å². The smallest absolute Gasteiger partial charge is 0.386 e. The van der Waals surface area contributed by atoms with Gasteiger partial charge in [-0.1, -0.05) is 0 Å². The van der Waals surface area contributed by atoms with Crippen LogP contribution >= 0.6 is 11.6 Å². The number of nitrogens with two attached hydrogens (primary N) is 1. The van der Waals surface area contributed by atoms with Gasteiger partial charge in [-0.3, -0.25) is 0 Å². The number of piperazine rings is 1. The molecule has 0 unspecified atom stereocenters. The van der Waals surface area contributed by atoms with E-state index in [4.69, 9.17) is 17.3 Å². The van der Waals surface area contributed by atoms with E-state index >= 15 is 0 Å². The highest BCUT2D eigenvalue weighted by molar-refractivity contribution is 6.28. The maximum atomic E-state index is 12.9. The fourth-order valence-corrected chi connectivity index (χ4v) is 2.35. The lowest BCUT2D eigenvalue weighted by Gasteiger charge is -2.34. The fraction of sp³-hybridized carbons (Fsp3) is 0.500. The number of aliphatic imine (C=N–C) groups is 1. The normalized spacial score (nSPS) is 17.9. The molecular formula is C14H18ClF3N4. The minimum atomic E-state index is -4.42. The zero-order valence-electron chi connectivity index (χ0n) is 12.2. The molecule has 1 heterocycles. The Morgan fingerprint density at radius 3 is 2.45 bits per heavy atom. The highest BCUT2D eigenvalue weighted by Crippen LogP contribution is 2.37. The van der Waals surface area contributed by atoms with Crippen LogP contribution in [0.4, 0.5) is 24.5 Å². The monoisotopic (exact) mass is 334 g/mol. The van der Waals surface area contributed by atoms with Crippen molar-refractivity contribution in [3.8, 4) is 0 Å². The molecule has 0 aliphatic carbocycles. The maximum Gasteiger partial charge on any atom is 0.416 e. The van der Waals surface area contributed by atoms with Crippen LogP contribution in [0.3, 0.4) is 0 Å². The summed E-state index contributed by atoms with van der Waals surface area (Å²) in [6, 6.07) is 3.55. The van der Waals surface area contributed by atoms with Gasteiger partial charge in [0.15, 0.2) is 0 Å². The van der Waals surface area contributed by atoms with E-state index in [0.717, 1.165) is 38.3 Å². The van der Waals surface area contributed by atoms with Gasteiger partial charge in [-0.15, -0.1) is 11.6 Å². The van der Waals surface area contributed by atoms with E-state index in [-0.39, 0.29) is 17.4 Å². The number of hydrogen-bond acceptors (Lipinski definition) is 3. The van der Waals surface area contributed by atoms with Crippen molar-refractivity contribution in [3.63, 3.8) is 0 Å². The zero-order chi connectivity index (χ0) is 16.3. The molecule has 1 aromatic carbocycles. The Balaban J connectivity index is 2.40. The minimum absolute atomic E-state index is 0.0293. The van der Waals surface area contributed by atoms with Gasteiger partial charge in [-0.25, -0.2) is 4.99 Å². The molecule has 8 heteroatoms. The maximum absolute atomic E-state index is 12.9. The number of halogens is 4. The minimum Gasteiger partial charge on any atom is -0.386 e. The summed E-state index contributed by atoms with van der Waals surface area (Å²) >= 11 is 5.59. The first-order valence-electron chi connectivity index (χ1n) is 6.85. The molecule has 0 bridgehead atoms. The largest absolute Gasteiger partial charge is 0.416 e. The molecule has 1 aliphatic heterocycles. The second kappa shape index (κ2) is 6.75. The first-order chi connectivity index (χ1) is 10.3. The number of likely N-dealkylation sites (N-methyl/N-ethyl adjacent to an activating group) is 1. The zero-order valence-corrected chi connectivity index (χ0v) is 13.0. The highest BCUT2D eigenvalue weighted by Gasteiger charge is 2.31. The van der Waals surface area contributed by atoms with E-state index < -0.39 is 11.7 Å². The van der Waals surface area contributed by atoms with E-state index in [9.17, 15) is 13.2 Å². The number of benzene rings is 1. The van der Waals surface area contributed by atoms with Crippen LogP contribution in [0.5, 0.6) is 0 Å². The van der Waals surface area contributed by atoms with Crippen LogP contribution in [-0.2, 0) is 6.18 Å². The number of nitrogens with zero attached hydrogens (tertiary/aromatic N) is 3. The SMILES string of the molecule is CN1CCN(c2ccc(C(F)(F)F)cc2N=C(N)CCl)CC1. The van der Waals surface area contributed by atoms with E-state index in [0.29, 0.717) is 5.69 Å². The van der Waals surface area contributed by atoms with Gasteiger partial charge in [0.25, 0.3) is 0 Å². The van der Waals surface area contributed by atoms with Gasteiger partial charge >= 0.3 is 6.18 Å². The van der Waals surface area contributed by atoms with Crippen LogP contribution in [0.2, 0.25) is 0 Å². The predicted molar refractivity (Wildman–Crippen MR) is 83.2 cm³/mol. The standard InChI is InChI=1S/C14H18ClF3N4/c1-21-4-6-22(7-5-21)12-3-2-10(14(16,17)18)8-11(12)20-13(19)9-15/h2-3,8H,4-7,9H2,1H3,(H2,19,20). The molecule has 0 amide bonds. The third kappa shape index (κ3) is 4.04. The van der Waals surface area contributed by atoms with Crippen LogP contribution < -0.4 is 10.6 Å². The molecule has 0 atom stereocenters. The third-order valence-electron chi connectivity index (χ3n) is 3.55. The lowest BCUT2D eigenvalue weighted by molar-refractivity contribution is -0.137. The summed E-state index contributed by atoms with van der Waals surface area (Å²) in [6.07, 6.45) is -4.42. The van der Waals surface area contributed by atoms with Crippen molar-refractivity contribution in [2.24, 2.45) is 10.7 Å². The molecule has 4 nitrogen and oxygen atoms in total. The molecule has 2 rings (SSSR count). The van der Waals surface area contributed by atoms with Crippen LogP contribution in [0.25, 0.3) is 0 Å². The molecule has 2 N–H and O–H groups in total. The average molecular weight is 335 g/mol. The van der Waals surface area contributed by atoms with Crippen molar-refractivity contribution in [2.75, 3.05) is 44.0 Å². The molecule has 0 spiro atoms. The van der Waals surface area contributed by atoms with Gasteiger partial charge in [-0.2, -0.15) is 13.2 Å². The van der Waals surface area contributed by atoms with Gasteiger partial charge in [0.1, 0.15) is 5.84 Å². The summed E-state index contributed by atoms with van der Waals surface area (Å²) in [7, 11) is 2.01. The van der Waals surface area contributed by atoms with Crippen LogP contribution in [0.1, 0.15) is 5.56 Å². The molecule has 0 aromatic heterocycles.